The SMILES string of the molecule is O=[C]C1CC=C(Cl)N=N1. The molecular weight excluding hydrogens is 140 g/mol. The molecule has 1 heterocycles. The van der Waals surface area contributed by atoms with Gasteiger partial charge in [-0.15, -0.1) is 5.11 Å². The van der Waals surface area contributed by atoms with Gasteiger partial charge in [-0.2, -0.15) is 5.11 Å². The van der Waals surface area contributed by atoms with Crippen molar-refractivity contribution in [1.82, 2.24) is 0 Å². The fraction of sp³-hybridized carbons (Fsp3) is 0.400. The highest BCUT2D eigenvalue weighted by molar-refractivity contribution is 6.29. The first-order chi connectivity index (χ1) is 4.33. The van der Waals surface area contributed by atoms with Gasteiger partial charge >= 0.3 is 0 Å². The maximum Gasteiger partial charge on any atom is 0.227 e. The summed E-state index contributed by atoms with van der Waals surface area (Å²) in [6.07, 6.45) is 3.87. The first-order valence-corrected chi connectivity index (χ1v) is 2.85. The van der Waals surface area contributed by atoms with Crippen LogP contribution in [-0.4, -0.2) is 12.3 Å². The highest BCUT2D eigenvalue weighted by Gasteiger charge is 2.08. The third-order valence-electron chi connectivity index (χ3n) is 0.938. The van der Waals surface area contributed by atoms with Gasteiger partial charge in [0.2, 0.25) is 6.29 Å². The average molecular weight is 144 g/mol. The van der Waals surface area contributed by atoms with Crippen molar-refractivity contribution >= 4 is 17.9 Å². The second-order valence-electron chi connectivity index (χ2n) is 1.61. The molecule has 0 aromatic rings. The fourth-order valence-corrected chi connectivity index (χ4v) is 0.626. The molecule has 1 atom stereocenters. The highest BCUT2D eigenvalue weighted by Crippen LogP contribution is 2.13. The van der Waals surface area contributed by atoms with Crippen molar-refractivity contribution in [3.05, 3.63) is 11.2 Å². The summed E-state index contributed by atoms with van der Waals surface area (Å²) < 4.78 is 0. The van der Waals surface area contributed by atoms with Gasteiger partial charge in [-0.3, -0.25) is 4.79 Å². The maximum absolute atomic E-state index is 9.92. The molecular formula is C5H4ClN2O. The standard InChI is InChI=1S/C5H4ClN2O/c6-5-2-1-4(3-9)7-8-5/h2,4H,1H2. The predicted molar refractivity (Wildman–Crippen MR) is 32.9 cm³/mol. The van der Waals surface area contributed by atoms with Crippen molar-refractivity contribution in [1.29, 1.82) is 0 Å². The lowest BCUT2D eigenvalue weighted by atomic mass is 10.2. The largest absolute Gasteiger partial charge is 0.288 e. The van der Waals surface area contributed by atoms with E-state index in [2.05, 4.69) is 10.2 Å². The van der Waals surface area contributed by atoms with Crippen molar-refractivity contribution < 1.29 is 4.79 Å². The molecule has 0 fully saturated rings. The molecule has 0 aromatic heterocycles. The van der Waals surface area contributed by atoms with Crippen LogP contribution in [0.1, 0.15) is 6.42 Å². The zero-order chi connectivity index (χ0) is 6.69. The van der Waals surface area contributed by atoms with Crippen LogP contribution in [0.15, 0.2) is 21.5 Å². The highest BCUT2D eigenvalue weighted by atomic mass is 35.5. The van der Waals surface area contributed by atoms with E-state index in [4.69, 9.17) is 11.6 Å². The Morgan fingerprint density at radius 3 is 3.11 bits per heavy atom. The van der Waals surface area contributed by atoms with Crippen molar-refractivity contribution in [3.8, 4) is 0 Å². The summed E-state index contributed by atoms with van der Waals surface area (Å²) in [6, 6.07) is -0.438. The third kappa shape index (κ3) is 1.61. The van der Waals surface area contributed by atoms with E-state index < -0.39 is 6.04 Å². The molecule has 0 spiro atoms. The molecule has 3 nitrogen and oxygen atoms in total. The molecule has 0 amide bonds. The van der Waals surface area contributed by atoms with E-state index in [9.17, 15) is 4.79 Å². The van der Waals surface area contributed by atoms with Gasteiger partial charge in [-0.05, 0) is 6.08 Å². The Morgan fingerprint density at radius 2 is 2.67 bits per heavy atom. The van der Waals surface area contributed by atoms with Crippen LogP contribution in [0, 0.1) is 0 Å². The summed E-state index contributed by atoms with van der Waals surface area (Å²) in [6.45, 7) is 0. The average Bonchev–Trinajstić information content (AvgIpc) is 1.90. The Labute approximate surface area is 57.4 Å². The van der Waals surface area contributed by atoms with Crippen LogP contribution >= 0.6 is 11.6 Å². The Kier molecular flexibility index (Phi) is 1.95. The third-order valence-corrected chi connectivity index (χ3v) is 1.17. The van der Waals surface area contributed by atoms with E-state index in [1.54, 1.807) is 12.4 Å². The lowest BCUT2D eigenvalue weighted by Gasteiger charge is -2.01. The van der Waals surface area contributed by atoms with E-state index in [0.717, 1.165) is 0 Å². The van der Waals surface area contributed by atoms with Crippen LogP contribution in [0.25, 0.3) is 0 Å². The van der Waals surface area contributed by atoms with E-state index in [-0.39, 0.29) is 0 Å². The summed E-state index contributed by atoms with van der Waals surface area (Å²) in [5, 5.41) is 7.35. The Balaban J connectivity index is 2.58. The molecule has 0 aromatic carbocycles. The summed E-state index contributed by atoms with van der Waals surface area (Å²) in [4.78, 5) is 9.92. The Hall–Kier alpha value is -0.700. The predicted octanol–water partition coefficient (Wildman–Crippen LogP) is 1.40. The number of hydrogen-bond acceptors (Lipinski definition) is 3. The van der Waals surface area contributed by atoms with Gasteiger partial charge in [0, 0.05) is 6.42 Å². The molecule has 1 aliphatic rings. The van der Waals surface area contributed by atoms with Gasteiger partial charge in [0.1, 0.15) is 11.2 Å². The fourth-order valence-electron chi connectivity index (χ4n) is 0.493. The van der Waals surface area contributed by atoms with Crippen LogP contribution in [0.4, 0.5) is 0 Å². The Morgan fingerprint density at radius 1 is 1.89 bits per heavy atom. The van der Waals surface area contributed by atoms with Gasteiger partial charge < -0.3 is 0 Å². The minimum absolute atomic E-state index is 0.349. The molecule has 1 aliphatic heterocycles. The van der Waals surface area contributed by atoms with E-state index >= 15 is 0 Å². The minimum atomic E-state index is -0.438. The normalized spacial score (nSPS) is 25.4. The number of azo groups is 1. The van der Waals surface area contributed by atoms with Crippen molar-refractivity contribution in [2.45, 2.75) is 12.5 Å². The van der Waals surface area contributed by atoms with Crippen LogP contribution in [0.3, 0.4) is 0 Å². The van der Waals surface area contributed by atoms with Gasteiger partial charge in [0.25, 0.3) is 0 Å². The molecule has 1 radical (unpaired) electrons. The van der Waals surface area contributed by atoms with Gasteiger partial charge in [-0.1, -0.05) is 11.6 Å². The molecule has 0 saturated carbocycles. The van der Waals surface area contributed by atoms with Gasteiger partial charge in [0.15, 0.2) is 0 Å². The number of rotatable bonds is 1. The number of nitrogens with zero attached hydrogens (tertiary/aromatic N) is 2. The van der Waals surface area contributed by atoms with Crippen molar-refractivity contribution in [2.24, 2.45) is 10.2 Å². The molecule has 0 N–H and O–H groups in total. The van der Waals surface area contributed by atoms with Crippen LogP contribution in [0.5, 0.6) is 0 Å². The van der Waals surface area contributed by atoms with Crippen molar-refractivity contribution in [2.75, 3.05) is 0 Å². The quantitative estimate of drug-likeness (QED) is 0.512. The van der Waals surface area contributed by atoms with Crippen LogP contribution < -0.4 is 0 Å². The minimum Gasteiger partial charge on any atom is -0.288 e. The molecule has 9 heavy (non-hydrogen) atoms. The van der Waals surface area contributed by atoms with Crippen molar-refractivity contribution in [3.63, 3.8) is 0 Å². The number of carbonyl (C=O) groups excluding carboxylic acids is 1. The van der Waals surface area contributed by atoms with E-state index in [0.29, 0.717) is 11.6 Å². The molecule has 4 heteroatoms. The second-order valence-corrected chi connectivity index (χ2v) is 2.00. The molecule has 0 aliphatic carbocycles. The topological polar surface area (TPSA) is 41.8 Å². The molecule has 0 saturated heterocycles. The van der Waals surface area contributed by atoms with E-state index in [1.165, 1.54) is 0 Å². The van der Waals surface area contributed by atoms with Crippen LogP contribution in [0.2, 0.25) is 0 Å². The smallest absolute Gasteiger partial charge is 0.227 e. The lowest BCUT2D eigenvalue weighted by Crippen LogP contribution is -2.05. The first-order valence-electron chi connectivity index (χ1n) is 2.47. The second kappa shape index (κ2) is 2.73. The zero-order valence-electron chi connectivity index (χ0n) is 4.54. The maximum atomic E-state index is 9.92. The lowest BCUT2D eigenvalue weighted by molar-refractivity contribution is 0.537. The zero-order valence-corrected chi connectivity index (χ0v) is 5.30. The number of halogens is 1. The molecule has 47 valence electrons. The molecule has 0 bridgehead atoms. The summed E-state index contributed by atoms with van der Waals surface area (Å²) >= 11 is 5.41. The van der Waals surface area contributed by atoms with Gasteiger partial charge in [-0.25, -0.2) is 0 Å². The van der Waals surface area contributed by atoms with Gasteiger partial charge in [0.05, 0.1) is 0 Å². The first kappa shape index (κ1) is 6.42. The number of hydrogen-bond donors (Lipinski definition) is 0. The summed E-state index contributed by atoms with van der Waals surface area (Å²) in [7, 11) is 0. The van der Waals surface area contributed by atoms with Crippen LogP contribution in [-0.2, 0) is 4.79 Å². The summed E-state index contributed by atoms with van der Waals surface area (Å²) in [5.74, 6) is 0. The molecule has 1 unspecified atom stereocenters. The molecule has 1 rings (SSSR count). The monoisotopic (exact) mass is 143 g/mol. The Bertz CT molecular complexity index is 176. The van der Waals surface area contributed by atoms with E-state index in [1.807, 2.05) is 0 Å². The summed E-state index contributed by atoms with van der Waals surface area (Å²) in [5.41, 5.74) is 0.